The van der Waals surface area contributed by atoms with Crippen LogP contribution in [0.1, 0.15) is 18.0 Å². The number of azide groups is 1. The van der Waals surface area contributed by atoms with Gasteiger partial charge in [-0.15, -0.1) is 13.2 Å². The Hall–Kier alpha value is -1.92. The molecule has 1 aromatic carbocycles. The molecule has 0 fully saturated rings. The number of halogens is 3. The van der Waals surface area contributed by atoms with Gasteiger partial charge in [-0.2, -0.15) is 0 Å². The quantitative estimate of drug-likeness (QED) is 0.500. The summed E-state index contributed by atoms with van der Waals surface area (Å²) < 4.78 is 39.9. The predicted octanol–water partition coefficient (Wildman–Crippen LogP) is 3.29. The van der Waals surface area contributed by atoms with Gasteiger partial charge in [-0.1, -0.05) is 17.2 Å². The number of rotatable bonds is 5. The number of hydrogen-bond donors (Lipinski definition) is 1. The summed E-state index contributed by atoms with van der Waals surface area (Å²) in [5.41, 5.74) is 14.2. The lowest BCUT2D eigenvalue weighted by molar-refractivity contribution is -0.274. The monoisotopic (exact) mass is 260 g/mol. The summed E-state index contributed by atoms with van der Waals surface area (Å²) in [7, 11) is 0. The van der Waals surface area contributed by atoms with Gasteiger partial charge in [0.25, 0.3) is 0 Å². The maximum absolute atomic E-state index is 12.0. The van der Waals surface area contributed by atoms with Gasteiger partial charge in [0.05, 0.1) is 6.04 Å². The third-order valence-corrected chi connectivity index (χ3v) is 2.11. The molecule has 0 aliphatic rings. The van der Waals surface area contributed by atoms with Gasteiger partial charge < -0.3 is 10.5 Å². The van der Waals surface area contributed by atoms with Crippen LogP contribution >= 0.6 is 0 Å². The van der Waals surface area contributed by atoms with Crippen LogP contribution in [-0.2, 0) is 0 Å². The molecule has 0 spiro atoms. The fourth-order valence-corrected chi connectivity index (χ4v) is 1.43. The maximum atomic E-state index is 12.0. The van der Waals surface area contributed by atoms with Crippen LogP contribution < -0.4 is 10.5 Å². The molecule has 0 aliphatic carbocycles. The summed E-state index contributed by atoms with van der Waals surface area (Å²) in [4.78, 5) is 2.64. The molecule has 0 unspecified atom stereocenters. The molecule has 1 atom stereocenters. The Morgan fingerprint density at radius 2 is 2.17 bits per heavy atom. The van der Waals surface area contributed by atoms with E-state index in [1.807, 2.05) is 0 Å². The number of nitrogens with two attached hydrogens (primary N) is 1. The van der Waals surface area contributed by atoms with Gasteiger partial charge in [0.15, 0.2) is 0 Å². The molecule has 18 heavy (non-hydrogen) atoms. The van der Waals surface area contributed by atoms with E-state index >= 15 is 0 Å². The van der Waals surface area contributed by atoms with Crippen LogP contribution in [0.2, 0.25) is 0 Å². The summed E-state index contributed by atoms with van der Waals surface area (Å²) >= 11 is 0. The van der Waals surface area contributed by atoms with E-state index < -0.39 is 12.4 Å². The number of nitrogens with zero attached hydrogens (tertiary/aromatic N) is 3. The van der Waals surface area contributed by atoms with Crippen molar-refractivity contribution in [1.82, 2.24) is 0 Å². The van der Waals surface area contributed by atoms with Crippen molar-refractivity contribution in [2.24, 2.45) is 10.8 Å². The molecule has 1 aromatic rings. The zero-order chi connectivity index (χ0) is 13.6. The first kappa shape index (κ1) is 14.1. The lowest BCUT2D eigenvalue weighted by Gasteiger charge is -2.13. The summed E-state index contributed by atoms with van der Waals surface area (Å²) in [5.74, 6) is -0.352. The molecule has 98 valence electrons. The van der Waals surface area contributed by atoms with Crippen molar-refractivity contribution in [2.45, 2.75) is 18.8 Å². The van der Waals surface area contributed by atoms with E-state index in [0.29, 0.717) is 12.0 Å². The molecule has 0 aliphatic heterocycles. The highest BCUT2D eigenvalue weighted by Crippen LogP contribution is 2.28. The zero-order valence-corrected chi connectivity index (χ0v) is 9.26. The third-order valence-electron chi connectivity index (χ3n) is 2.11. The van der Waals surface area contributed by atoms with Crippen molar-refractivity contribution in [1.29, 1.82) is 0 Å². The Bertz CT molecular complexity index is 443. The van der Waals surface area contributed by atoms with Crippen LogP contribution in [-0.4, -0.2) is 12.9 Å². The Morgan fingerprint density at radius 3 is 2.72 bits per heavy atom. The Balaban J connectivity index is 2.95. The minimum Gasteiger partial charge on any atom is -0.406 e. The molecule has 0 radical (unpaired) electrons. The van der Waals surface area contributed by atoms with Gasteiger partial charge in [-0.3, -0.25) is 0 Å². The number of benzene rings is 1. The summed E-state index contributed by atoms with van der Waals surface area (Å²) in [6, 6.07) is 4.71. The zero-order valence-electron chi connectivity index (χ0n) is 9.26. The summed E-state index contributed by atoms with van der Waals surface area (Å²) in [6.45, 7) is 0.258. The fraction of sp³-hybridized carbons (Fsp3) is 0.400. The summed E-state index contributed by atoms with van der Waals surface area (Å²) in [5, 5.41) is 3.49. The first-order valence-electron chi connectivity index (χ1n) is 5.06. The maximum Gasteiger partial charge on any atom is 0.573 e. The Kier molecular flexibility index (Phi) is 4.82. The first-order valence-corrected chi connectivity index (χ1v) is 5.06. The minimum absolute atomic E-state index is 0.258. The van der Waals surface area contributed by atoms with Gasteiger partial charge >= 0.3 is 6.36 Å². The van der Waals surface area contributed by atoms with Crippen molar-refractivity contribution < 1.29 is 17.9 Å². The van der Waals surface area contributed by atoms with Crippen LogP contribution in [0.4, 0.5) is 13.2 Å². The van der Waals surface area contributed by atoms with Crippen LogP contribution in [0.5, 0.6) is 5.75 Å². The van der Waals surface area contributed by atoms with Crippen molar-refractivity contribution in [3.8, 4) is 5.75 Å². The van der Waals surface area contributed by atoms with Crippen molar-refractivity contribution in [3.05, 3.63) is 40.3 Å². The molecule has 0 saturated heterocycles. The highest BCUT2D eigenvalue weighted by Gasteiger charge is 2.31. The lowest BCUT2D eigenvalue weighted by atomic mass is 10.0. The highest BCUT2D eigenvalue weighted by molar-refractivity contribution is 5.30. The third kappa shape index (κ3) is 4.52. The molecule has 8 heteroatoms. The molecule has 0 heterocycles. The van der Waals surface area contributed by atoms with Gasteiger partial charge in [-0.05, 0) is 36.2 Å². The molecule has 0 aromatic heterocycles. The second-order valence-electron chi connectivity index (χ2n) is 3.42. The van der Waals surface area contributed by atoms with Gasteiger partial charge in [0.2, 0.25) is 0 Å². The van der Waals surface area contributed by atoms with Crippen molar-refractivity contribution in [2.75, 3.05) is 6.54 Å². The predicted molar refractivity (Wildman–Crippen MR) is 58.7 cm³/mol. The van der Waals surface area contributed by atoms with E-state index in [4.69, 9.17) is 11.3 Å². The van der Waals surface area contributed by atoms with Crippen LogP contribution in [0.3, 0.4) is 0 Å². The van der Waals surface area contributed by atoms with E-state index in [0.717, 1.165) is 0 Å². The van der Waals surface area contributed by atoms with Crippen LogP contribution in [0.15, 0.2) is 29.4 Å². The molecule has 1 rings (SSSR count). The average molecular weight is 260 g/mol. The Morgan fingerprint density at radius 1 is 1.44 bits per heavy atom. The van der Waals surface area contributed by atoms with E-state index in [1.54, 1.807) is 6.07 Å². The SMILES string of the molecule is [N-]=[N+]=N[C@@H](CCN)c1cccc(OC(F)(F)F)c1. The minimum atomic E-state index is -4.75. The standard InChI is InChI=1S/C10H11F3N4O/c11-10(12,13)18-8-3-1-2-7(6-8)9(4-5-14)16-17-15/h1-3,6,9H,4-5,14H2/t9-/m0/s1. The van der Waals surface area contributed by atoms with E-state index in [2.05, 4.69) is 14.8 Å². The topological polar surface area (TPSA) is 84.0 Å². The average Bonchev–Trinajstić information content (AvgIpc) is 2.27. The van der Waals surface area contributed by atoms with E-state index in [-0.39, 0.29) is 12.3 Å². The highest BCUT2D eigenvalue weighted by atomic mass is 19.4. The van der Waals surface area contributed by atoms with Gasteiger partial charge in [-0.25, -0.2) is 0 Å². The molecular weight excluding hydrogens is 249 g/mol. The number of hydrogen-bond acceptors (Lipinski definition) is 3. The second kappa shape index (κ2) is 6.13. The molecule has 0 bridgehead atoms. The van der Waals surface area contributed by atoms with Gasteiger partial charge in [0, 0.05) is 4.91 Å². The second-order valence-corrected chi connectivity index (χ2v) is 3.42. The molecule has 5 nitrogen and oxygen atoms in total. The van der Waals surface area contributed by atoms with E-state index in [9.17, 15) is 13.2 Å². The smallest absolute Gasteiger partial charge is 0.406 e. The van der Waals surface area contributed by atoms with Crippen LogP contribution in [0, 0.1) is 0 Å². The Labute approximate surface area is 101 Å². The molecule has 0 saturated carbocycles. The van der Waals surface area contributed by atoms with E-state index in [1.165, 1.54) is 18.2 Å². The molecule has 2 N–H and O–H groups in total. The van der Waals surface area contributed by atoms with Crippen molar-refractivity contribution >= 4 is 0 Å². The van der Waals surface area contributed by atoms with Crippen LogP contribution in [0.25, 0.3) is 10.4 Å². The fourth-order valence-electron chi connectivity index (χ4n) is 1.43. The lowest BCUT2D eigenvalue weighted by Crippen LogP contribution is -2.17. The normalized spacial score (nSPS) is 12.7. The largest absolute Gasteiger partial charge is 0.573 e. The van der Waals surface area contributed by atoms with Gasteiger partial charge in [0.1, 0.15) is 5.75 Å². The molecule has 0 amide bonds. The summed E-state index contributed by atoms with van der Waals surface area (Å²) in [6.07, 6.45) is -4.40. The molecular formula is C10H11F3N4O. The first-order chi connectivity index (χ1) is 8.46. The number of alkyl halides is 3. The van der Waals surface area contributed by atoms with Crippen molar-refractivity contribution in [3.63, 3.8) is 0 Å². The number of ether oxygens (including phenoxy) is 1.